The number of piperidine rings is 1. The van der Waals surface area contributed by atoms with E-state index in [2.05, 4.69) is 10.2 Å². The van der Waals surface area contributed by atoms with Crippen LogP contribution in [0.15, 0.2) is 53.4 Å². The molecule has 2 heterocycles. The summed E-state index contributed by atoms with van der Waals surface area (Å²) in [7, 11) is -3.64. The third kappa shape index (κ3) is 6.29. The smallest absolute Gasteiger partial charge is 0.243 e. The Morgan fingerprint density at radius 2 is 1.70 bits per heavy atom. The first kappa shape index (κ1) is 24.1. The third-order valence-electron chi connectivity index (χ3n) is 5.89. The second-order valence-corrected chi connectivity index (χ2v) is 11.2. The summed E-state index contributed by atoms with van der Waals surface area (Å²) in [6.07, 6.45) is 3.38. The van der Waals surface area contributed by atoms with Gasteiger partial charge in [0.1, 0.15) is 0 Å². The summed E-state index contributed by atoms with van der Waals surface area (Å²) in [4.78, 5) is 15.2. The van der Waals surface area contributed by atoms with E-state index in [-0.39, 0.29) is 10.8 Å². The minimum Gasteiger partial charge on any atom is -0.379 e. The molecule has 2 aliphatic rings. The van der Waals surface area contributed by atoms with Crippen molar-refractivity contribution in [1.82, 2.24) is 4.31 Å². The molecule has 0 radical (unpaired) electrons. The lowest BCUT2D eigenvalue weighted by molar-refractivity contribution is -0.113. The number of hydrogen-bond acceptors (Lipinski definition) is 6. The fraction of sp³-hybridized carbons (Fsp3) is 0.458. The Bertz CT molecular complexity index is 1030. The van der Waals surface area contributed by atoms with Crippen LogP contribution in [0, 0.1) is 0 Å². The quantitative estimate of drug-likeness (QED) is 0.611. The van der Waals surface area contributed by atoms with E-state index in [1.54, 1.807) is 23.9 Å². The molecule has 9 heteroatoms. The number of rotatable bonds is 8. The molecule has 1 amide bonds. The number of benzene rings is 2. The van der Waals surface area contributed by atoms with Gasteiger partial charge in [-0.05, 0) is 43.0 Å². The number of morpholine rings is 1. The molecule has 4 rings (SSSR count). The van der Waals surface area contributed by atoms with Crippen LogP contribution in [0.1, 0.15) is 24.8 Å². The average Bonchev–Trinajstić information content (AvgIpc) is 2.86. The molecular weight excluding hydrogens is 458 g/mol. The molecular formula is C24H31N3O4S2. The maximum absolute atomic E-state index is 13.2. The van der Waals surface area contributed by atoms with Gasteiger partial charge in [0, 0.05) is 31.9 Å². The number of hydrogen-bond donors (Lipinski definition) is 1. The van der Waals surface area contributed by atoms with Gasteiger partial charge in [-0.25, -0.2) is 8.42 Å². The van der Waals surface area contributed by atoms with Crippen LogP contribution in [0.2, 0.25) is 0 Å². The van der Waals surface area contributed by atoms with Crippen LogP contribution >= 0.6 is 11.8 Å². The van der Waals surface area contributed by atoms with Crippen molar-refractivity contribution in [3.05, 3.63) is 54.1 Å². The highest BCUT2D eigenvalue weighted by Gasteiger charge is 2.28. The molecule has 0 aromatic heterocycles. The Kier molecular flexibility index (Phi) is 8.29. The van der Waals surface area contributed by atoms with E-state index in [4.69, 9.17) is 4.74 Å². The summed E-state index contributed by atoms with van der Waals surface area (Å²) in [5.74, 6) is 0.920. The van der Waals surface area contributed by atoms with Gasteiger partial charge in [-0.2, -0.15) is 4.31 Å². The van der Waals surface area contributed by atoms with E-state index in [9.17, 15) is 13.2 Å². The summed E-state index contributed by atoms with van der Waals surface area (Å²) in [5.41, 5.74) is 2.62. The fourth-order valence-electron chi connectivity index (χ4n) is 4.14. The minimum atomic E-state index is -3.64. The highest BCUT2D eigenvalue weighted by Crippen LogP contribution is 2.32. The molecule has 0 aliphatic carbocycles. The molecule has 2 aromatic rings. The monoisotopic (exact) mass is 489 g/mol. The van der Waals surface area contributed by atoms with E-state index >= 15 is 0 Å². The van der Waals surface area contributed by atoms with Crippen molar-refractivity contribution in [2.24, 2.45) is 0 Å². The van der Waals surface area contributed by atoms with Crippen molar-refractivity contribution in [1.29, 1.82) is 0 Å². The molecule has 0 unspecified atom stereocenters. The normalized spacial score (nSPS) is 17.6. The molecule has 0 spiro atoms. The van der Waals surface area contributed by atoms with E-state index in [0.717, 1.165) is 37.4 Å². The number of ether oxygens (including phenoxy) is 1. The number of thioether (sulfide) groups is 1. The van der Waals surface area contributed by atoms with Crippen molar-refractivity contribution >= 4 is 39.1 Å². The lowest BCUT2D eigenvalue weighted by atomic mass is 10.1. The van der Waals surface area contributed by atoms with E-state index in [1.807, 2.05) is 36.4 Å². The van der Waals surface area contributed by atoms with Gasteiger partial charge in [-0.1, -0.05) is 30.3 Å². The summed E-state index contributed by atoms with van der Waals surface area (Å²) in [6.45, 7) is 3.28. The fourth-order valence-corrected chi connectivity index (χ4v) is 6.37. The highest BCUT2D eigenvalue weighted by molar-refractivity contribution is 7.99. The van der Waals surface area contributed by atoms with Gasteiger partial charge in [0.25, 0.3) is 0 Å². The third-order valence-corrected chi connectivity index (χ3v) is 8.79. The van der Waals surface area contributed by atoms with Crippen molar-refractivity contribution in [3.8, 4) is 0 Å². The van der Waals surface area contributed by atoms with Crippen LogP contribution < -0.4 is 10.2 Å². The molecule has 178 valence electrons. The van der Waals surface area contributed by atoms with Gasteiger partial charge in [0.05, 0.1) is 35.2 Å². The number of sulfonamides is 1. The van der Waals surface area contributed by atoms with Crippen molar-refractivity contribution in [3.63, 3.8) is 0 Å². The number of nitrogens with one attached hydrogen (secondary N) is 1. The Morgan fingerprint density at radius 3 is 2.42 bits per heavy atom. The standard InChI is InChI=1S/C24H31N3O4S2/c28-24(19-32-18-20-7-3-1-4-8-20)25-22-17-21(33(29,30)27-13-15-31-16-14-27)9-10-23(22)26-11-5-2-6-12-26/h1,3-4,7-10,17H,2,5-6,11-16,18-19H2,(H,25,28). The van der Waals surface area contributed by atoms with E-state index in [0.29, 0.717) is 37.7 Å². The second kappa shape index (κ2) is 11.4. The van der Waals surface area contributed by atoms with Crippen molar-refractivity contribution in [2.45, 2.75) is 29.9 Å². The summed E-state index contributed by atoms with van der Waals surface area (Å²) in [5, 5.41) is 3.00. The minimum absolute atomic E-state index is 0.130. The Morgan fingerprint density at radius 1 is 0.970 bits per heavy atom. The molecule has 7 nitrogen and oxygen atoms in total. The van der Waals surface area contributed by atoms with E-state index in [1.165, 1.54) is 16.3 Å². The predicted octanol–water partition coefficient (Wildman–Crippen LogP) is 3.57. The first-order valence-corrected chi connectivity index (χ1v) is 14.0. The van der Waals surface area contributed by atoms with Crippen molar-refractivity contribution < 1.29 is 17.9 Å². The number of carbonyl (C=O) groups is 1. The van der Waals surface area contributed by atoms with E-state index < -0.39 is 10.0 Å². The summed E-state index contributed by atoms with van der Waals surface area (Å²) in [6, 6.07) is 15.1. The van der Waals surface area contributed by atoms with Crippen LogP contribution in [0.4, 0.5) is 11.4 Å². The van der Waals surface area contributed by atoms with Crippen LogP contribution in [-0.2, 0) is 25.3 Å². The number of anilines is 2. The molecule has 2 saturated heterocycles. The van der Waals surface area contributed by atoms with Gasteiger partial charge < -0.3 is 15.0 Å². The number of nitrogens with zero attached hydrogens (tertiary/aromatic N) is 2. The van der Waals surface area contributed by atoms with Crippen LogP contribution in [-0.4, -0.2) is 63.8 Å². The molecule has 2 aliphatic heterocycles. The molecule has 1 N–H and O–H groups in total. The molecule has 0 atom stereocenters. The van der Waals surface area contributed by atoms with Gasteiger partial charge >= 0.3 is 0 Å². The largest absolute Gasteiger partial charge is 0.379 e. The first-order chi connectivity index (χ1) is 16.0. The highest BCUT2D eigenvalue weighted by atomic mass is 32.2. The molecule has 0 saturated carbocycles. The number of carbonyl (C=O) groups excluding carboxylic acids is 1. The average molecular weight is 490 g/mol. The molecule has 0 bridgehead atoms. The first-order valence-electron chi connectivity index (χ1n) is 11.4. The Labute approximate surface area is 200 Å². The molecule has 33 heavy (non-hydrogen) atoms. The van der Waals surface area contributed by atoms with Gasteiger partial charge in [0.15, 0.2) is 0 Å². The predicted molar refractivity (Wildman–Crippen MR) is 133 cm³/mol. The van der Waals surface area contributed by atoms with Crippen LogP contribution in [0.5, 0.6) is 0 Å². The van der Waals surface area contributed by atoms with Crippen molar-refractivity contribution in [2.75, 3.05) is 55.4 Å². The Balaban J connectivity index is 1.51. The SMILES string of the molecule is O=C(CSCc1ccccc1)Nc1cc(S(=O)(=O)N2CCOCC2)ccc1N1CCCCC1. The second-order valence-electron chi connectivity index (χ2n) is 8.27. The lowest BCUT2D eigenvalue weighted by Gasteiger charge is -2.31. The van der Waals surface area contributed by atoms with Gasteiger partial charge in [-0.3, -0.25) is 4.79 Å². The maximum Gasteiger partial charge on any atom is 0.243 e. The Hall–Kier alpha value is -2.07. The summed E-state index contributed by atoms with van der Waals surface area (Å²) >= 11 is 1.54. The lowest BCUT2D eigenvalue weighted by Crippen LogP contribution is -2.40. The molecule has 2 aromatic carbocycles. The zero-order valence-electron chi connectivity index (χ0n) is 18.7. The van der Waals surface area contributed by atoms with Gasteiger partial charge in [0.2, 0.25) is 15.9 Å². The topological polar surface area (TPSA) is 79.0 Å². The molecule has 2 fully saturated rings. The zero-order valence-corrected chi connectivity index (χ0v) is 20.4. The zero-order chi connectivity index (χ0) is 23.1. The maximum atomic E-state index is 13.2. The number of amides is 1. The van der Waals surface area contributed by atoms with Crippen LogP contribution in [0.3, 0.4) is 0 Å². The summed E-state index contributed by atoms with van der Waals surface area (Å²) < 4.78 is 33.1. The van der Waals surface area contributed by atoms with Crippen LogP contribution in [0.25, 0.3) is 0 Å². The van der Waals surface area contributed by atoms with Gasteiger partial charge in [-0.15, -0.1) is 11.8 Å².